The van der Waals surface area contributed by atoms with E-state index >= 15 is 0 Å². The van der Waals surface area contributed by atoms with E-state index in [0.29, 0.717) is 12.1 Å². The molecule has 0 saturated heterocycles. The second-order valence-corrected chi connectivity index (χ2v) is 6.70. The lowest BCUT2D eigenvalue weighted by Gasteiger charge is -2.31. The quantitative estimate of drug-likeness (QED) is 0.727. The summed E-state index contributed by atoms with van der Waals surface area (Å²) in [7, 11) is 2.31. The monoisotopic (exact) mass is 267 g/mol. The van der Waals surface area contributed by atoms with Crippen molar-refractivity contribution in [2.24, 2.45) is 5.73 Å². The van der Waals surface area contributed by atoms with E-state index in [2.05, 4.69) is 17.3 Å². The second-order valence-electron chi connectivity index (χ2n) is 6.70. The van der Waals surface area contributed by atoms with Crippen LogP contribution in [0.4, 0.5) is 0 Å². The molecule has 0 heterocycles. The van der Waals surface area contributed by atoms with Gasteiger partial charge < -0.3 is 16.0 Å². The zero-order valence-electron chi connectivity index (χ0n) is 12.7. The van der Waals surface area contributed by atoms with Crippen LogP contribution < -0.4 is 11.1 Å². The fraction of sp³-hybridized carbons (Fsp3) is 1.00. The maximum absolute atomic E-state index is 6.03. The van der Waals surface area contributed by atoms with Gasteiger partial charge in [0, 0.05) is 18.1 Å². The second kappa shape index (κ2) is 8.23. The molecule has 0 aliphatic heterocycles. The van der Waals surface area contributed by atoms with Crippen LogP contribution in [0.25, 0.3) is 0 Å². The third-order valence-electron chi connectivity index (χ3n) is 5.03. The summed E-state index contributed by atoms with van der Waals surface area (Å²) < 4.78 is 0. The number of nitrogens with zero attached hydrogens (tertiary/aromatic N) is 1. The smallest absolute Gasteiger partial charge is 0.00922 e. The van der Waals surface area contributed by atoms with Gasteiger partial charge in [0.25, 0.3) is 0 Å². The molecule has 3 heteroatoms. The SMILES string of the molecule is CN(CCCNC1CCCC(N)C1)C1CCCCC1. The van der Waals surface area contributed by atoms with Crippen molar-refractivity contribution in [1.82, 2.24) is 10.2 Å². The fourth-order valence-corrected chi connectivity index (χ4v) is 3.75. The van der Waals surface area contributed by atoms with Crippen LogP contribution in [0.3, 0.4) is 0 Å². The minimum Gasteiger partial charge on any atom is -0.328 e. The molecule has 2 atom stereocenters. The predicted octanol–water partition coefficient (Wildman–Crippen LogP) is 2.50. The van der Waals surface area contributed by atoms with Gasteiger partial charge in [0.05, 0.1) is 0 Å². The van der Waals surface area contributed by atoms with Gasteiger partial charge in [0.2, 0.25) is 0 Å². The van der Waals surface area contributed by atoms with Crippen LogP contribution in [0.1, 0.15) is 64.2 Å². The molecule has 0 aromatic rings. The van der Waals surface area contributed by atoms with Gasteiger partial charge >= 0.3 is 0 Å². The number of hydrogen-bond donors (Lipinski definition) is 2. The van der Waals surface area contributed by atoms with Crippen molar-refractivity contribution in [1.29, 1.82) is 0 Å². The standard InChI is InChI=1S/C16H33N3/c1-19(16-9-3-2-4-10-16)12-6-11-18-15-8-5-7-14(17)13-15/h14-16,18H,2-13,17H2,1H3. The van der Waals surface area contributed by atoms with Gasteiger partial charge in [-0.1, -0.05) is 25.7 Å². The Morgan fingerprint density at radius 3 is 2.58 bits per heavy atom. The van der Waals surface area contributed by atoms with Crippen molar-refractivity contribution in [3.8, 4) is 0 Å². The highest BCUT2D eigenvalue weighted by atomic mass is 15.1. The zero-order valence-corrected chi connectivity index (χ0v) is 12.7. The van der Waals surface area contributed by atoms with Gasteiger partial charge in [-0.05, 0) is 58.7 Å². The summed E-state index contributed by atoms with van der Waals surface area (Å²) in [5, 5.41) is 3.70. The first-order valence-electron chi connectivity index (χ1n) is 8.45. The third kappa shape index (κ3) is 5.41. The number of rotatable bonds is 6. The average Bonchev–Trinajstić information content (AvgIpc) is 2.44. The Morgan fingerprint density at radius 2 is 1.84 bits per heavy atom. The summed E-state index contributed by atoms with van der Waals surface area (Å²) >= 11 is 0. The predicted molar refractivity (Wildman–Crippen MR) is 82.4 cm³/mol. The van der Waals surface area contributed by atoms with Crippen molar-refractivity contribution >= 4 is 0 Å². The van der Waals surface area contributed by atoms with E-state index in [1.165, 1.54) is 70.8 Å². The Balaban J connectivity index is 1.53. The van der Waals surface area contributed by atoms with Crippen LogP contribution in [-0.2, 0) is 0 Å². The summed E-state index contributed by atoms with van der Waals surface area (Å²) in [4.78, 5) is 2.59. The number of nitrogens with one attached hydrogen (secondary N) is 1. The molecule has 3 nitrogen and oxygen atoms in total. The first-order valence-corrected chi connectivity index (χ1v) is 8.45. The van der Waals surface area contributed by atoms with E-state index < -0.39 is 0 Å². The Kier molecular flexibility index (Phi) is 6.62. The maximum atomic E-state index is 6.03. The van der Waals surface area contributed by atoms with E-state index in [4.69, 9.17) is 5.73 Å². The molecule has 0 bridgehead atoms. The molecular weight excluding hydrogens is 234 g/mol. The highest BCUT2D eigenvalue weighted by Gasteiger charge is 2.19. The molecule has 2 saturated carbocycles. The lowest BCUT2D eigenvalue weighted by molar-refractivity contribution is 0.188. The van der Waals surface area contributed by atoms with Crippen molar-refractivity contribution in [3.63, 3.8) is 0 Å². The molecular formula is C16H33N3. The van der Waals surface area contributed by atoms with Crippen LogP contribution >= 0.6 is 0 Å². The molecule has 2 aliphatic carbocycles. The molecule has 2 aliphatic rings. The Bertz CT molecular complexity index is 238. The lowest BCUT2D eigenvalue weighted by atomic mass is 9.91. The summed E-state index contributed by atoms with van der Waals surface area (Å²) in [5.41, 5.74) is 6.03. The molecule has 19 heavy (non-hydrogen) atoms. The minimum absolute atomic E-state index is 0.441. The summed E-state index contributed by atoms with van der Waals surface area (Å²) in [6.07, 6.45) is 13.5. The third-order valence-corrected chi connectivity index (χ3v) is 5.03. The van der Waals surface area contributed by atoms with Gasteiger partial charge in [-0.25, -0.2) is 0 Å². The Morgan fingerprint density at radius 1 is 1.05 bits per heavy atom. The molecule has 0 aromatic carbocycles. The van der Waals surface area contributed by atoms with Crippen LogP contribution in [0.2, 0.25) is 0 Å². The largest absolute Gasteiger partial charge is 0.328 e. The van der Waals surface area contributed by atoms with Crippen LogP contribution in [0.5, 0.6) is 0 Å². The van der Waals surface area contributed by atoms with Crippen molar-refractivity contribution in [2.45, 2.75) is 82.3 Å². The minimum atomic E-state index is 0.441. The Labute approximate surface area is 119 Å². The normalized spacial score (nSPS) is 29.8. The van der Waals surface area contributed by atoms with Crippen molar-refractivity contribution in [3.05, 3.63) is 0 Å². The molecule has 0 radical (unpaired) electrons. The van der Waals surface area contributed by atoms with Crippen LogP contribution in [0.15, 0.2) is 0 Å². The number of hydrogen-bond acceptors (Lipinski definition) is 3. The summed E-state index contributed by atoms with van der Waals surface area (Å²) in [6, 6.07) is 1.98. The molecule has 2 fully saturated rings. The molecule has 0 aromatic heterocycles. The highest BCUT2D eigenvalue weighted by Crippen LogP contribution is 2.21. The fourth-order valence-electron chi connectivity index (χ4n) is 3.75. The topological polar surface area (TPSA) is 41.3 Å². The average molecular weight is 267 g/mol. The van der Waals surface area contributed by atoms with Gasteiger partial charge in [-0.3, -0.25) is 0 Å². The first-order chi connectivity index (χ1) is 9.25. The summed E-state index contributed by atoms with van der Waals surface area (Å²) in [6.45, 7) is 2.41. The van der Waals surface area contributed by atoms with E-state index in [0.717, 1.165) is 12.6 Å². The van der Waals surface area contributed by atoms with E-state index in [1.807, 2.05) is 0 Å². The highest BCUT2D eigenvalue weighted by molar-refractivity contribution is 4.80. The van der Waals surface area contributed by atoms with E-state index in [1.54, 1.807) is 0 Å². The first kappa shape index (κ1) is 15.3. The van der Waals surface area contributed by atoms with Gasteiger partial charge in [-0.15, -0.1) is 0 Å². The molecule has 2 rings (SSSR count). The molecule has 0 spiro atoms. The molecule has 2 unspecified atom stereocenters. The van der Waals surface area contributed by atoms with Crippen LogP contribution in [0, 0.1) is 0 Å². The molecule has 112 valence electrons. The van der Waals surface area contributed by atoms with Gasteiger partial charge in [0.1, 0.15) is 0 Å². The van der Waals surface area contributed by atoms with E-state index in [9.17, 15) is 0 Å². The number of nitrogens with two attached hydrogens (primary N) is 1. The Hall–Kier alpha value is -0.120. The maximum Gasteiger partial charge on any atom is 0.00922 e. The van der Waals surface area contributed by atoms with E-state index in [-0.39, 0.29) is 0 Å². The lowest BCUT2D eigenvalue weighted by Crippen LogP contribution is -2.41. The molecule has 0 amide bonds. The zero-order chi connectivity index (χ0) is 13.5. The van der Waals surface area contributed by atoms with Crippen LogP contribution in [-0.4, -0.2) is 43.2 Å². The van der Waals surface area contributed by atoms with Crippen molar-refractivity contribution in [2.75, 3.05) is 20.1 Å². The molecule has 3 N–H and O–H groups in total. The van der Waals surface area contributed by atoms with Gasteiger partial charge in [-0.2, -0.15) is 0 Å². The van der Waals surface area contributed by atoms with Gasteiger partial charge in [0.15, 0.2) is 0 Å². The van der Waals surface area contributed by atoms with Crippen molar-refractivity contribution < 1.29 is 0 Å². The summed E-state index contributed by atoms with van der Waals surface area (Å²) in [5.74, 6) is 0.